The van der Waals surface area contributed by atoms with Crippen LogP contribution in [0.4, 0.5) is 0 Å². The van der Waals surface area contributed by atoms with Crippen molar-refractivity contribution in [3.63, 3.8) is 0 Å². The minimum atomic E-state index is -1.79. The number of aliphatic hydroxyl groups excluding tert-OH is 11. The van der Waals surface area contributed by atoms with Crippen molar-refractivity contribution in [2.75, 3.05) is 56.4 Å². The lowest BCUT2D eigenvalue weighted by molar-refractivity contribution is -0.142. The summed E-state index contributed by atoms with van der Waals surface area (Å²) in [6.45, 7) is 4.08. The molecule has 6 aliphatic rings. The van der Waals surface area contributed by atoms with Crippen molar-refractivity contribution in [3.05, 3.63) is 11.8 Å². The number of carboxylic acid groups (broad SMARTS) is 2. The monoisotopic (exact) mass is 1390 g/mol. The van der Waals surface area contributed by atoms with Crippen molar-refractivity contribution in [2.45, 2.75) is 284 Å². The standard InChI is InChI=1S/C64H123N13O16S2/c1-36(2)54(64(92)93)76-61(89)50-33-95-34-52(80)66-25-23-44(70-60(88)49(31-53(81)82)74-62(90)51-18-10-26-77(51)63(91)45(68-35-78)17-11-27-94-3)56(84)72-46(28-37-12-5-4-6-13-37)57(85)73-48(30-39-32-67-42-15-8-7-14-41(39)42)59(87)69-43(16-9-24-65)55(83)71-47(58(86)75-50)29-38-19-21-40(79)22-20-38/h21,36-39,41-52,54-62,66-76,78-80,83-90H,4-20,22-35,65H2,1-3H3,(H,81,82)(H,92,93)/t38?,39?,41?,42?,43-,44-,45-,46-,47-,48-,49-,50-,51-,52?,54-,55?,56?,57?,58?,59?,60?,61?,62?/m0/s1. The van der Waals surface area contributed by atoms with Crippen molar-refractivity contribution in [2.24, 2.45) is 35.3 Å². The maximum atomic E-state index is 14.0. The summed E-state index contributed by atoms with van der Waals surface area (Å²) < 4.78 is 0. The van der Waals surface area contributed by atoms with Crippen molar-refractivity contribution < 1.29 is 80.8 Å². The van der Waals surface area contributed by atoms with Crippen LogP contribution in [-0.2, 0) is 14.4 Å². The summed E-state index contributed by atoms with van der Waals surface area (Å²) in [6, 6.07) is -9.83. The molecule has 6 rings (SSSR count). The summed E-state index contributed by atoms with van der Waals surface area (Å²) >= 11 is 2.78. The highest BCUT2D eigenvalue weighted by Gasteiger charge is 2.44. The third kappa shape index (κ3) is 26.9. The molecular formula is C64H123N13O16S2. The fourth-order valence-corrected chi connectivity index (χ4v) is 16.7. The molecule has 29 nitrogen and oxygen atoms in total. The van der Waals surface area contributed by atoms with Crippen molar-refractivity contribution in [3.8, 4) is 0 Å². The molecule has 552 valence electrons. The van der Waals surface area contributed by atoms with Gasteiger partial charge in [-0.05, 0) is 157 Å². The Labute approximate surface area is 570 Å². The molecule has 0 radical (unpaired) electrons. The van der Waals surface area contributed by atoms with Crippen LogP contribution >= 0.6 is 23.5 Å². The van der Waals surface area contributed by atoms with Crippen LogP contribution in [0.15, 0.2) is 11.8 Å². The summed E-state index contributed by atoms with van der Waals surface area (Å²) in [7, 11) is 0. The molecule has 5 fully saturated rings. The summed E-state index contributed by atoms with van der Waals surface area (Å²) in [5.41, 5.74) is 6.12. The average molecular weight is 1390 g/mol. The molecule has 13 unspecified atom stereocenters. The highest BCUT2D eigenvalue weighted by molar-refractivity contribution is 7.99. The van der Waals surface area contributed by atoms with Gasteiger partial charge >= 0.3 is 11.9 Å². The first-order valence-corrected chi connectivity index (χ1v) is 38.0. The third-order valence-corrected chi connectivity index (χ3v) is 22.5. The van der Waals surface area contributed by atoms with E-state index >= 15 is 0 Å². The molecule has 3 heterocycles. The normalized spacial score (nSPS) is 34.7. The van der Waals surface area contributed by atoms with E-state index in [1.54, 1.807) is 31.7 Å². The zero-order chi connectivity index (χ0) is 69.1. The number of fused-ring (bicyclic) bond motifs is 1. The van der Waals surface area contributed by atoms with Crippen LogP contribution in [0.3, 0.4) is 0 Å². The first-order valence-electron chi connectivity index (χ1n) is 35.4. The third-order valence-electron chi connectivity index (χ3n) is 20.6. The van der Waals surface area contributed by atoms with E-state index in [1.807, 2.05) is 6.26 Å². The molecule has 26 N–H and O–H groups in total. The van der Waals surface area contributed by atoms with Crippen molar-refractivity contribution in [1.82, 2.24) is 63.4 Å². The van der Waals surface area contributed by atoms with Gasteiger partial charge in [-0.2, -0.15) is 23.5 Å². The van der Waals surface area contributed by atoms with Crippen LogP contribution in [0.5, 0.6) is 0 Å². The summed E-state index contributed by atoms with van der Waals surface area (Å²) in [5, 5.41) is 186. The Balaban J connectivity index is 1.36. The Hall–Kier alpha value is -2.23. The van der Waals surface area contributed by atoms with Crippen LogP contribution in [0.2, 0.25) is 0 Å². The molecule has 3 saturated heterocycles. The number of carbonyl (C=O) groups is 3. The molecule has 31 heteroatoms. The van der Waals surface area contributed by atoms with E-state index < -0.39 is 147 Å². The topological polar surface area (TPSA) is 476 Å². The lowest BCUT2D eigenvalue weighted by Crippen LogP contribution is -2.65. The van der Waals surface area contributed by atoms with Crippen molar-refractivity contribution >= 4 is 41.4 Å². The molecule has 23 atom stereocenters. The predicted octanol–water partition coefficient (Wildman–Crippen LogP) is -1.99. The van der Waals surface area contributed by atoms with Crippen LogP contribution < -0.4 is 64.2 Å². The fraction of sp³-hybridized carbons (Fsp3) is 0.922. The number of amides is 1. The summed E-state index contributed by atoms with van der Waals surface area (Å²) in [6.07, 6.45) is 3.22. The number of nitrogens with two attached hydrogens (primary N) is 1. The van der Waals surface area contributed by atoms with Gasteiger partial charge in [-0.15, -0.1) is 0 Å². The Morgan fingerprint density at radius 3 is 2.04 bits per heavy atom. The van der Waals surface area contributed by atoms with Gasteiger partial charge in [-0.25, -0.2) is 0 Å². The minimum Gasteiger partial charge on any atom is -0.513 e. The second kappa shape index (κ2) is 42.9. The van der Waals surface area contributed by atoms with Gasteiger partial charge in [0.15, 0.2) is 0 Å². The molecule has 0 spiro atoms. The molecule has 1 amide bonds. The quantitative estimate of drug-likeness (QED) is 0.0285. The maximum absolute atomic E-state index is 14.0. The molecule has 0 aromatic heterocycles. The van der Waals surface area contributed by atoms with Gasteiger partial charge in [0.05, 0.1) is 43.1 Å². The molecule has 0 bridgehead atoms. The number of carboxylic acids is 2. The van der Waals surface area contributed by atoms with Crippen LogP contribution in [0, 0.1) is 29.6 Å². The average Bonchev–Trinajstić information content (AvgIpc) is 1.78. The lowest BCUT2D eigenvalue weighted by Gasteiger charge is -2.40. The van der Waals surface area contributed by atoms with Gasteiger partial charge in [-0.1, -0.05) is 58.8 Å². The Morgan fingerprint density at radius 1 is 0.737 bits per heavy atom. The van der Waals surface area contributed by atoms with Gasteiger partial charge in [0.1, 0.15) is 62.1 Å². The van der Waals surface area contributed by atoms with Crippen LogP contribution in [0.1, 0.15) is 162 Å². The minimum absolute atomic E-state index is 0.0122. The highest BCUT2D eigenvalue weighted by Crippen LogP contribution is 2.38. The largest absolute Gasteiger partial charge is 0.513 e. The van der Waals surface area contributed by atoms with Crippen molar-refractivity contribution in [1.29, 1.82) is 0 Å². The Bertz CT molecular complexity index is 2230. The van der Waals surface area contributed by atoms with Gasteiger partial charge in [0, 0.05) is 60.7 Å². The van der Waals surface area contributed by atoms with E-state index in [0.29, 0.717) is 83.2 Å². The number of hydrogen-bond acceptors (Lipinski definition) is 28. The van der Waals surface area contributed by atoms with E-state index in [2.05, 4.69) is 58.5 Å². The molecule has 3 aliphatic carbocycles. The number of thioether (sulfide) groups is 2. The number of nitrogens with zero attached hydrogens (tertiary/aromatic N) is 1. The molecule has 0 aromatic rings. The fourth-order valence-electron chi connectivity index (χ4n) is 15.2. The van der Waals surface area contributed by atoms with E-state index in [4.69, 9.17) is 5.73 Å². The zero-order valence-corrected chi connectivity index (χ0v) is 57.9. The van der Waals surface area contributed by atoms with E-state index in [0.717, 1.165) is 75.3 Å². The Kier molecular flexibility index (Phi) is 36.9. The van der Waals surface area contributed by atoms with Crippen LogP contribution in [-0.4, -0.2) is 268 Å². The predicted molar refractivity (Wildman–Crippen MR) is 364 cm³/mol. The number of hydrogen-bond donors (Lipinski definition) is 25. The van der Waals surface area contributed by atoms with E-state index in [-0.39, 0.29) is 79.3 Å². The van der Waals surface area contributed by atoms with Gasteiger partial charge < -0.3 is 82.3 Å². The van der Waals surface area contributed by atoms with E-state index in [9.17, 15) is 80.8 Å². The molecule has 0 aromatic carbocycles. The molecule has 3 aliphatic heterocycles. The van der Waals surface area contributed by atoms with Gasteiger partial charge in [0.2, 0.25) is 5.91 Å². The second-order valence-electron chi connectivity index (χ2n) is 28.1. The lowest BCUT2D eigenvalue weighted by atomic mass is 9.77. The first-order chi connectivity index (χ1) is 45.5. The maximum Gasteiger partial charge on any atom is 0.321 e. The number of carbonyl (C=O) groups excluding carboxylic acids is 1. The number of rotatable bonds is 29. The molecule has 95 heavy (non-hydrogen) atoms. The summed E-state index contributed by atoms with van der Waals surface area (Å²) in [4.78, 5) is 40.6. The number of aliphatic carboxylic acids is 2. The zero-order valence-electron chi connectivity index (χ0n) is 56.3. The molecular weight excluding hydrogens is 1270 g/mol. The summed E-state index contributed by atoms with van der Waals surface area (Å²) in [5.74, 6) is -1.96. The SMILES string of the molecule is CSCCC[C@H](NCO)C(=O)N1CCC[C@H]1C(O)N[C@@H](CC(=O)O)C(O)N[C@H]1CCNC(O)CSC[C@@H](C(O)N[C@H](C(=O)O)C(C)C)NC(O)[C@H](CC2CC=C(O)CC2)NC(O)[C@H](CCCN)NC(O)[C@H](CC2CNC3CCCCC23)NC(O)[C@H](CC2CCCCC2)NC1O. The number of allylic oxidation sites excluding steroid dienone is 2. The number of likely N-dealkylation sites (tertiary alicyclic amines) is 1. The van der Waals surface area contributed by atoms with Crippen LogP contribution in [0.25, 0.3) is 0 Å². The number of aliphatic hydroxyl groups is 11. The Morgan fingerprint density at radius 2 is 1.39 bits per heavy atom. The highest BCUT2D eigenvalue weighted by atomic mass is 32.2. The van der Waals surface area contributed by atoms with Gasteiger partial charge in [-0.3, -0.25) is 67.6 Å². The van der Waals surface area contributed by atoms with E-state index in [1.165, 1.54) is 4.90 Å². The van der Waals surface area contributed by atoms with Gasteiger partial charge in [0.25, 0.3) is 0 Å². The number of nitrogens with one attached hydrogen (secondary N) is 11. The second-order valence-corrected chi connectivity index (χ2v) is 30.1. The first kappa shape index (κ1) is 81.7. The molecule has 2 saturated carbocycles. The smallest absolute Gasteiger partial charge is 0.321 e.